The number of hydrogen-bond acceptors (Lipinski definition) is 3. The van der Waals surface area contributed by atoms with E-state index in [0.29, 0.717) is 12.5 Å². The van der Waals surface area contributed by atoms with Gasteiger partial charge < -0.3 is 14.7 Å². The first kappa shape index (κ1) is 16.0. The standard InChI is InChI=1S/C14H27N3O2/c1-5-15-6-8-16(9-7-15)14(19)11-17(13(4)18)10-12(2)3/h12H,5-11H2,1-4H3. The number of carbonyl (C=O) groups is 2. The molecule has 0 spiro atoms. The summed E-state index contributed by atoms with van der Waals surface area (Å²) >= 11 is 0. The molecule has 19 heavy (non-hydrogen) atoms. The van der Waals surface area contributed by atoms with E-state index in [1.54, 1.807) is 4.90 Å². The van der Waals surface area contributed by atoms with Gasteiger partial charge in [0, 0.05) is 39.6 Å². The molecule has 0 aromatic carbocycles. The summed E-state index contributed by atoms with van der Waals surface area (Å²) in [6.07, 6.45) is 0. The van der Waals surface area contributed by atoms with Gasteiger partial charge in [-0.1, -0.05) is 20.8 Å². The molecule has 2 amide bonds. The van der Waals surface area contributed by atoms with E-state index >= 15 is 0 Å². The van der Waals surface area contributed by atoms with Crippen molar-refractivity contribution < 1.29 is 9.59 Å². The van der Waals surface area contributed by atoms with Crippen molar-refractivity contribution in [1.29, 1.82) is 0 Å². The summed E-state index contributed by atoms with van der Waals surface area (Å²) in [7, 11) is 0. The lowest BCUT2D eigenvalue weighted by Crippen LogP contribution is -2.51. The second kappa shape index (κ2) is 7.48. The molecule has 1 aliphatic rings. The lowest BCUT2D eigenvalue weighted by molar-refractivity contribution is -0.140. The molecule has 0 N–H and O–H groups in total. The van der Waals surface area contributed by atoms with Crippen molar-refractivity contribution in [3.05, 3.63) is 0 Å². The van der Waals surface area contributed by atoms with E-state index in [4.69, 9.17) is 0 Å². The smallest absolute Gasteiger partial charge is 0.242 e. The zero-order chi connectivity index (χ0) is 14.4. The van der Waals surface area contributed by atoms with Gasteiger partial charge in [-0.2, -0.15) is 0 Å². The van der Waals surface area contributed by atoms with Gasteiger partial charge >= 0.3 is 0 Å². The van der Waals surface area contributed by atoms with Crippen molar-refractivity contribution in [2.45, 2.75) is 27.7 Å². The van der Waals surface area contributed by atoms with Gasteiger partial charge in [-0.05, 0) is 12.5 Å². The average Bonchev–Trinajstić information content (AvgIpc) is 2.37. The minimum atomic E-state index is -0.0192. The lowest BCUT2D eigenvalue weighted by atomic mass is 10.2. The van der Waals surface area contributed by atoms with Crippen LogP contribution in [-0.4, -0.2) is 72.3 Å². The highest BCUT2D eigenvalue weighted by molar-refractivity contribution is 5.83. The molecule has 1 aliphatic heterocycles. The Morgan fingerprint density at radius 3 is 2.16 bits per heavy atom. The van der Waals surface area contributed by atoms with Crippen LogP contribution in [0.3, 0.4) is 0 Å². The highest BCUT2D eigenvalue weighted by atomic mass is 16.2. The summed E-state index contributed by atoms with van der Waals surface area (Å²) < 4.78 is 0. The molecule has 5 nitrogen and oxygen atoms in total. The molecule has 1 heterocycles. The molecule has 5 heteroatoms. The molecule has 0 bridgehead atoms. The number of amides is 2. The van der Waals surface area contributed by atoms with Crippen molar-refractivity contribution in [2.75, 3.05) is 45.8 Å². The third kappa shape index (κ3) is 5.19. The number of rotatable bonds is 5. The van der Waals surface area contributed by atoms with E-state index in [-0.39, 0.29) is 18.4 Å². The van der Waals surface area contributed by atoms with Crippen LogP contribution >= 0.6 is 0 Å². The third-order valence-electron chi connectivity index (χ3n) is 3.53. The number of carbonyl (C=O) groups excluding carboxylic acids is 2. The molecular formula is C14H27N3O2. The average molecular weight is 269 g/mol. The van der Waals surface area contributed by atoms with E-state index in [1.165, 1.54) is 6.92 Å². The molecule has 0 saturated carbocycles. The van der Waals surface area contributed by atoms with Crippen LogP contribution < -0.4 is 0 Å². The largest absolute Gasteiger partial charge is 0.339 e. The Labute approximate surface area is 116 Å². The summed E-state index contributed by atoms with van der Waals surface area (Å²) in [5.74, 6) is 0.439. The van der Waals surface area contributed by atoms with E-state index in [2.05, 4.69) is 25.7 Å². The molecule has 0 aliphatic carbocycles. The second-order valence-electron chi connectivity index (χ2n) is 5.61. The summed E-state index contributed by atoms with van der Waals surface area (Å²) in [6.45, 7) is 13.1. The number of piperazine rings is 1. The van der Waals surface area contributed by atoms with Gasteiger partial charge in [0.05, 0.1) is 6.54 Å². The SMILES string of the molecule is CCN1CCN(C(=O)CN(CC(C)C)C(C)=O)CC1. The van der Waals surface area contributed by atoms with Crippen LogP contribution in [0.2, 0.25) is 0 Å². The fourth-order valence-electron chi connectivity index (χ4n) is 2.32. The van der Waals surface area contributed by atoms with Crippen LogP contribution in [0.4, 0.5) is 0 Å². The van der Waals surface area contributed by atoms with Gasteiger partial charge in [0.1, 0.15) is 0 Å². The first-order valence-electron chi connectivity index (χ1n) is 7.19. The van der Waals surface area contributed by atoms with Crippen molar-refractivity contribution in [3.63, 3.8) is 0 Å². The number of nitrogens with zero attached hydrogens (tertiary/aromatic N) is 3. The van der Waals surface area contributed by atoms with Crippen molar-refractivity contribution in [1.82, 2.24) is 14.7 Å². The first-order valence-corrected chi connectivity index (χ1v) is 7.19. The lowest BCUT2D eigenvalue weighted by Gasteiger charge is -2.35. The molecule has 0 unspecified atom stereocenters. The van der Waals surface area contributed by atoms with Crippen LogP contribution in [0.5, 0.6) is 0 Å². The first-order chi connectivity index (χ1) is 8.93. The van der Waals surface area contributed by atoms with Crippen LogP contribution in [-0.2, 0) is 9.59 Å². The second-order valence-corrected chi connectivity index (χ2v) is 5.61. The monoisotopic (exact) mass is 269 g/mol. The minimum absolute atomic E-state index is 0.0192. The van der Waals surface area contributed by atoms with Crippen molar-refractivity contribution in [2.24, 2.45) is 5.92 Å². The molecule has 0 atom stereocenters. The Balaban J connectivity index is 2.46. The molecule has 0 radical (unpaired) electrons. The molecule has 0 aromatic rings. The van der Waals surface area contributed by atoms with Crippen molar-refractivity contribution >= 4 is 11.8 Å². The van der Waals surface area contributed by atoms with Crippen molar-refractivity contribution in [3.8, 4) is 0 Å². The van der Waals surface area contributed by atoms with Gasteiger partial charge in [-0.25, -0.2) is 0 Å². The molecule has 110 valence electrons. The van der Waals surface area contributed by atoms with E-state index in [9.17, 15) is 9.59 Å². The predicted molar refractivity (Wildman–Crippen MR) is 75.8 cm³/mol. The normalized spacial score (nSPS) is 16.8. The van der Waals surface area contributed by atoms with Gasteiger partial charge in [0.15, 0.2) is 0 Å². The van der Waals surface area contributed by atoms with Crippen LogP contribution in [0, 0.1) is 5.92 Å². The van der Waals surface area contributed by atoms with Crippen LogP contribution in [0.15, 0.2) is 0 Å². The molecule has 0 aromatic heterocycles. The zero-order valence-electron chi connectivity index (χ0n) is 12.7. The summed E-state index contributed by atoms with van der Waals surface area (Å²) in [6, 6.07) is 0. The van der Waals surface area contributed by atoms with Gasteiger partial charge in [0.2, 0.25) is 11.8 Å². The fraction of sp³-hybridized carbons (Fsp3) is 0.857. The quantitative estimate of drug-likeness (QED) is 0.736. The maximum absolute atomic E-state index is 12.2. The minimum Gasteiger partial charge on any atom is -0.339 e. The number of hydrogen-bond donors (Lipinski definition) is 0. The molecule has 1 rings (SSSR count). The summed E-state index contributed by atoms with van der Waals surface area (Å²) in [4.78, 5) is 29.6. The van der Waals surface area contributed by atoms with E-state index in [1.807, 2.05) is 4.90 Å². The Morgan fingerprint density at radius 1 is 1.16 bits per heavy atom. The highest BCUT2D eigenvalue weighted by Crippen LogP contribution is 2.05. The molecule has 1 fully saturated rings. The Bertz CT molecular complexity index is 310. The van der Waals surface area contributed by atoms with Gasteiger partial charge in [0.25, 0.3) is 0 Å². The van der Waals surface area contributed by atoms with Crippen LogP contribution in [0.25, 0.3) is 0 Å². The topological polar surface area (TPSA) is 43.9 Å². The van der Waals surface area contributed by atoms with Gasteiger partial charge in [-0.3, -0.25) is 9.59 Å². The van der Waals surface area contributed by atoms with Gasteiger partial charge in [-0.15, -0.1) is 0 Å². The summed E-state index contributed by atoms with van der Waals surface area (Å²) in [5, 5.41) is 0. The fourth-order valence-corrected chi connectivity index (χ4v) is 2.32. The molecular weight excluding hydrogens is 242 g/mol. The van der Waals surface area contributed by atoms with Crippen LogP contribution in [0.1, 0.15) is 27.7 Å². The van der Waals surface area contributed by atoms with E-state index in [0.717, 1.165) is 32.7 Å². The van der Waals surface area contributed by atoms with E-state index < -0.39 is 0 Å². The maximum Gasteiger partial charge on any atom is 0.242 e. The Kier molecular flexibility index (Phi) is 6.28. The Morgan fingerprint density at radius 2 is 1.74 bits per heavy atom. The number of likely N-dealkylation sites (N-methyl/N-ethyl adjacent to an activating group) is 1. The maximum atomic E-state index is 12.2. The zero-order valence-corrected chi connectivity index (χ0v) is 12.7. The molecule has 1 saturated heterocycles. The third-order valence-corrected chi connectivity index (χ3v) is 3.53. The predicted octanol–water partition coefficient (Wildman–Crippen LogP) is 0.655. The summed E-state index contributed by atoms with van der Waals surface area (Å²) in [5.41, 5.74) is 0. The Hall–Kier alpha value is -1.10. The highest BCUT2D eigenvalue weighted by Gasteiger charge is 2.23.